The summed E-state index contributed by atoms with van der Waals surface area (Å²) in [6, 6.07) is 0.354. The number of hydrogen-bond acceptors (Lipinski definition) is 4. The highest BCUT2D eigenvalue weighted by molar-refractivity contribution is 9.10. The molecule has 2 rings (SSSR count). The van der Waals surface area contributed by atoms with E-state index in [1.165, 1.54) is 4.68 Å². The van der Waals surface area contributed by atoms with E-state index in [1.807, 2.05) is 0 Å². The molecule has 0 amide bonds. The summed E-state index contributed by atoms with van der Waals surface area (Å²) in [6.07, 6.45) is 7.93. The fourth-order valence-corrected chi connectivity index (χ4v) is 2.95. The standard InChI is InChI=1S/C14H19BrN4O/c1-4-6-19-14(20)13(15)12(8-16-19)17-11-5-7-18(3)9-10(11)2/h1,8,10-11,17H,5-7,9H2,2-3H3. The van der Waals surface area contributed by atoms with Crippen LogP contribution in [-0.4, -0.2) is 40.9 Å². The summed E-state index contributed by atoms with van der Waals surface area (Å²) in [6.45, 7) is 4.51. The topological polar surface area (TPSA) is 50.2 Å². The number of hydrogen-bond donors (Lipinski definition) is 1. The van der Waals surface area contributed by atoms with E-state index in [2.05, 4.69) is 51.1 Å². The first kappa shape index (κ1) is 15.1. The van der Waals surface area contributed by atoms with Crippen LogP contribution in [0.25, 0.3) is 0 Å². The molecule has 0 spiro atoms. The average Bonchev–Trinajstić information content (AvgIpc) is 2.41. The third kappa shape index (κ3) is 3.22. The van der Waals surface area contributed by atoms with Crippen LogP contribution in [0, 0.1) is 18.3 Å². The molecule has 1 N–H and O–H groups in total. The number of nitrogens with zero attached hydrogens (tertiary/aromatic N) is 3. The van der Waals surface area contributed by atoms with Crippen molar-refractivity contribution in [3.05, 3.63) is 21.0 Å². The van der Waals surface area contributed by atoms with Gasteiger partial charge in [0.2, 0.25) is 0 Å². The lowest BCUT2D eigenvalue weighted by molar-refractivity contribution is 0.206. The molecule has 20 heavy (non-hydrogen) atoms. The zero-order valence-electron chi connectivity index (χ0n) is 11.8. The Morgan fingerprint density at radius 2 is 2.40 bits per heavy atom. The van der Waals surface area contributed by atoms with Crippen molar-refractivity contribution in [2.45, 2.75) is 25.9 Å². The van der Waals surface area contributed by atoms with Crippen molar-refractivity contribution >= 4 is 21.6 Å². The van der Waals surface area contributed by atoms with Gasteiger partial charge in [0.25, 0.3) is 5.56 Å². The van der Waals surface area contributed by atoms with Crippen LogP contribution in [0.15, 0.2) is 15.5 Å². The van der Waals surface area contributed by atoms with Crippen LogP contribution in [0.1, 0.15) is 13.3 Å². The normalized spacial score (nSPS) is 23.3. The predicted molar refractivity (Wildman–Crippen MR) is 83.7 cm³/mol. The molecule has 2 unspecified atom stereocenters. The lowest BCUT2D eigenvalue weighted by Gasteiger charge is -2.35. The molecule has 1 aromatic rings. The van der Waals surface area contributed by atoms with Gasteiger partial charge in [-0.1, -0.05) is 12.8 Å². The molecule has 0 aromatic carbocycles. The molecule has 1 saturated heterocycles. The maximum Gasteiger partial charge on any atom is 0.284 e. The lowest BCUT2D eigenvalue weighted by atomic mass is 9.94. The van der Waals surface area contributed by atoms with Crippen LogP contribution in [0.4, 0.5) is 5.69 Å². The highest BCUT2D eigenvalue weighted by Crippen LogP contribution is 2.23. The van der Waals surface area contributed by atoms with Gasteiger partial charge in [-0.05, 0) is 41.9 Å². The number of piperidine rings is 1. The summed E-state index contributed by atoms with van der Waals surface area (Å²) in [5.74, 6) is 2.94. The quantitative estimate of drug-likeness (QED) is 0.846. The zero-order valence-corrected chi connectivity index (χ0v) is 13.4. The second-order valence-corrected chi connectivity index (χ2v) is 6.11. The van der Waals surface area contributed by atoms with Crippen LogP contribution in [0.3, 0.4) is 0 Å². The summed E-state index contributed by atoms with van der Waals surface area (Å²) in [5, 5.41) is 7.52. The molecule has 6 heteroatoms. The van der Waals surface area contributed by atoms with E-state index in [4.69, 9.17) is 6.42 Å². The van der Waals surface area contributed by atoms with E-state index in [9.17, 15) is 4.79 Å². The van der Waals surface area contributed by atoms with Crippen molar-refractivity contribution in [2.24, 2.45) is 5.92 Å². The van der Waals surface area contributed by atoms with Crippen molar-refractivity contribution in [3.8, 4) is 12.3 Å². The molecule has 2 atom stereocenters. The summed E-state index contributed by atoms with van der Waals surface area (Å²) < 4.78 is 1.77. The molecule has 0 bridgehead atoms. The maximum absolute atomic E-state index is 12.1. The van der Waals surface area contributed by atoms with Gasteiger partial charge in [-0.15, -0.1) is 6.42 Å². The van der Waals surface area contributed by atoms with Gasteiger partial charge in [0, 0.05) is 12.6 Å². The molecule has 2 heterocycles. The molecule has 1 aromatic heterocycles. The van der Waals surface area contributed by atoms with E-state index in [0.29, 0.717) is 16.4 Å². The molecule has 1 aliphatic heterocycles. The van der Waals surface area contributed by atoms with Crippen LogP contribution < -0.4 is 10.9 Å². The molecule has 108 valence electrons. The molecule has 5 nitrogen and oxygen atoms in total. The monoisotopic (exact) mass is 338 g/mol. The van der Waals surface area contributed by atoms with E-state index in [1.54, 1.807) is 6.20 Å². The molecule has 0 saturated carbocycles. The number of nitrogens with one attached hydrogen (secondary N) is 1. The van der Waals surface area contributed by atoms with Gasteiger partial charge >= 0.3 is 0 Å². The average molecular weight is 339 g/mol. The van der Waals surface area contributed by atoms with Crippen LogP contribution in [-0.2, 0) is 6.54 Å². The first-order chi connectivity index (χ1) is 9.52. The van der Waals surface area contributed by atoms with Crippen molar-refractivity contribution < 1.29 is 0 Å². The molecule has 1 fully saturated rings. The smallest absolute Gasteiger partial charge is 0.284 e. The number of anilines is 1. The summed E-state index contributed by atoms with van der Waals surface area (Å²) >= 11 is 3.34. The van der Waals surface area contributed by atoms with Gasteiger partial charge in [0.15, 0.2) is 0 Å². The second-order valence-electron chi connectivity index (χ2n) is 5.32. The van der Waals surface area contributed by atoms with Gasteiger partial charge in [0.1, 0.15) is 11.0 Å². The van der Waals surface area contributed by atoms with Gasteiger partial charge in [0.05, 0.1) is 11.9 Å². The third-order valence-electron chi connectivity index (χ3n) is 3.68. The third-order valence-corrected chi connectivity index (χ3v) is 4.44. The first-order valence-corrected chi connectivity index (χ1v) is 7.46. The highest BCUT2D eigenvalue weighted by Gasteiger charge is 2.25. The Bertz CT molecular complexity index is 578. The van der Waals surface area contributed by atoms with Gasteiger partial charge in [-0.2, -0.15) is 5.10 Å². The van der Waals surface area contributed by atoms with E-state index >= 15 is 0 Å². The highest BCUT2D eigenvalue weighted by atomic mass is 79.9. The summed E-state index contributed by atoms with van der Waals surface area (Å²) in [4.78, 5) is 14.4. The first-order valence-electron chi connectivity index (χ1n) is 6.67. The Kier molecular flexibility index (Phi) is 4.84. The van der Waals surface area contributed by atoms with Crippen LogP contribution in [0.5, 0.6) is 0 Å². The Labute approximate surface area is 127 Å². The molecule has 1 aliphatic rings. The van der Waals surface area contributed by atoms with Gasteiger partial charge in [-0.25, -0.2) is 4.68 Å². The van der Waals surface area contributed by atoms with E-state index in [0.717, 1.165) is 25.2 Å². The zero-order chi connectivity index (χ0) is 14.7. The largest absolute Gasteiger partial charge is 0.380 e. The number of halogens is 1. The molecular formula is C14H19BrN4O. The van der Waals surface area contributed by atoms with Crippen molar-refractivity contribution in [1.29, 1.82) is 0 Å². The van der Waals surface area contributed by atoms with Crippen molar-refractivity contribution in [1.82, 2.24) is 14.7 Å². The Balaban J connectivity index is 2.16. The Hall–Kier alpha value is -1.32. The van der Waals surface area contributed by atoms with Crippen LogP contribution >= 0.6 is 15.9 Å². The van der Waals surface area contributed by atoms with Crippen LogP contribution in [0.2, 0.25) is 0 Å². The summed E-state index contributed by atoms with van der Waals surface area (Å²) in [7, 11) is 2.13. The number of terminal acetylenes is 1. The lowest BCUT2D eigenvalue weighted by Crippen LogP contribution is -2.43. The fraction of sp³-hybridized carbons (Fsp3) is 0.571. The second kappa shape index (κ2) is 6.42. The Morgan fingerprint density at radius 1 is 1.65 bits per heavy atom. The molecular weight excluding hydrogens is 320 g/mol. The maximum atomic E-state index is 12.1. The number of likely N-dealkylation sites (tertiary alicyclic amines) is 1. The fourth-order valence-electron chi connectivity index (χ4n) is 2.53. The van der Waals surface area contributed by atoms with Gasteiger partial charge < -0.3 is 10.2 Å². The van der Waals surface area contributed by atoms with Crippen molar-refractivity contribution in [2.75, 3.05) is 25.5 Å². The minimum Gasteiger partial charge on any atom is -0.380 e. The van der Waals surface area contributed by atoms with E-state index < -0.39 is 0 Å². The Morgan fingerprint density at radius 3 is 3.05 bits per heavy atom. The molecule has 0 aliphatic carbocycles. The van der Waals surface area contributed by atoms with Crippen molar-refractivity contribution in [3.63, 3.8) is 0 Å². The number of rotatable bonds is 3. The molecule has 0 radical (unpaired) electrons. The minimum absolute atomic E-state index is 0.183. The summed E-state index contributed by atoms with van der Waals surface area (Å²) in [5.41, 5.74) is 0.540. The number of aromatic nitrogens is 2. The predicted octanol–water partition coefficient (Wildman–Crippen LogP) is 1.39. The van der Waals surface area contributed by atoms with E-state index in [-0.39, 0.29) is 12.1 Å². The van der Waals surface area contributed by atoms with Gasteiger partial charge in [-0.3, -0.25) is 4.79 Å². The minimum atomic E-state index is -0.200. The SMILES string of the molecule is C#CCn1ncc(NC2CCN(C)CC2C)c(Br)c1=O.